The van der Waals surface area contributed by atoms with Gasteiger partial charge in [-0.25, -0.2) is 0 Å². The van der Waals surface area contributed by atoms with Gasteiger partial charge in [0.15, 0.2) is 0 Å². The van der Waals surface area contributed by atoms with Crippen LogP contribution in [0.15, 0.2) is 18.2 Å². The van der Waals surface area contributed by atoms with Crippen LogP contribution in [0, 0.1) is 5.92 Å². The highest BCUT2D eigenvalue weighted by molar-refractivity contribution is 6.32. The van der Waals surface area contributed by atoms with Gasteiger partial charge < -0.3 is 15.4 Å². The lowest BCUT2D eigenvalue weighted by atomic mass is 9.99. The third-order valence-electron chi connectivity index (χ3n) is 3.33. The van der Waals surface area contributed by atoms with Crippen LogP contribution in [0.2, 0.25) is 5.02 Å². The van der Waals surface area contributed by atoms with E-state index in [1.807, 2.05) is 13.0 Å². The number of ether oxygens (including phenoxy) is 1. The number of carbonyl (C=O) groups excluding carboxylic acids is 1. The largest absolute Gasteiger partial charge is 0.492 e. The lowest BCUT2D eigenvalue weighted by Crippen LogP contribution is -2.37. The first-order valence-electron chi connectivity index (χ1n) is 7.14. The Labute approximate surface area is 137 Å². The van der Waals surface area contributed by atoms with E-state index in [0.717, 1.165) is 38.0 Å². The molecule has 0 bridgehead atoms. The standard InChI is InChI=1S/C15H21ClN2O2.ClH/c1-2-8-20-14-6-5-12(9-13(14)16)18-15(19)11-4-3-7-17-10-11;/h5-6,9,11,17H,2-4,7-8,10H2,1H3,(H,18,19);1H. The predicted octanol–water partition coefficient (Wildman–Crippen LogP) is 3.49. The minimum absolute atomic E-state index is 0. The fourth-order valence-corrected chi connectivity index (χ4v) is 2.46. The Hall–Kier alpha value is -0.970. The number of nitrogens with one attached hydrogen (secondary N) is 2. The van der Waals surface area contributed by atoms with Gasteiger partial charge in [-0.3, -0.25) is 4.79 Å². The molecule has 1 atom stereocenters. The molecule has 0 aliphatic carbocycles. The van der Waals surface area contributed by atoms with Gasteiger partial charge in [0.05, 0.1) is 17.5 Å². The number of carbonyl (C=O) groups is 1. The molecule has 1 aliphatic rings. The topological polar surface area (TPSA) is 50.4 Å². The summed E-state index contributed by atoms with van der Waals surface area (Å²) in [7, 11) is 0. The normalized spacial score (nSPS) is 17.7. The molecule has 1 saturated heterocycles. The van der Waals surface area contributed by atoms with E-state index in [2.05, 4.69) is 10.6 Å². The number of piperidine rings is 1. The number of halogens is 2. The minimum Gasteiger partial charge on any atom is -0.492 e. The molecule has 1 fully saturated rings. The van der Waals surface area contributed by atoms with Crippen LogP contribution in [0.5, 0.6) is 5.75 Å². The van der Waals surface area contributed by atoms with Crippen LogP contribution >= 0.6 is 24.0 Å². The molecule has 1 aliphatic heterocycles. The van der Waals surface area contributed by atoms with Crippen molar-refractivity contribution < 1.29 is 9.53 Å². The van der Waals surface area contributed by atoms with Gasteiger partial charge >= 0.3 is 0 Å². The fraction of sp³-hybridized carbons (Fsp3) is 0.533. The van der Waals surface area contributed by atoms with Crippen molar-refractivity contribution in [3.8, 4) is 5.75 Å². The zero-order valence-electron chi connectivity index (χ0n) is 12.2. The molecule has 0 aromatic heterocycles. The van der Waals surface area contributed by atoms with Crippen LogP contribution in [-0.4, -0.2) is 25.6 Å². The summed E-state index contributed by atoms with van der Waals surface area (Å²) in [6.45, 7) is 4.43. The van der Waals surface area contributed by atoms with Crippen molar-refractivity contribution in [2.24, 2.45) is 5.92 Å². The summed E-state index contributed by atoms with van der Waals surface area (Å²) < 4.78 is 5.51. The third kappa shape index (κ3) is 5.38. The molecule has 0 radical (unpaired) electrons. The molecule has 118 valence electrons. The summed E-state index contributed by atoms with van der Waals surface area (Å²) in [5, 5.41) is 6.68. The maximum absolute atomic E-state index is 12.1. The number of hydrogen-bond donors (Lipinski definition) is 2. The van der Waals surface area contributed by atoms with Crippen LogP contribution < -0.4 is 15.4 Å². The van der Waals surface area contributed by atoms with Crippen LogP contribution in [0.1, 0.15) is 26.2 Å². The quantitative estimate of drug-likeness (QED) is 0.867. The van der Waals surface area contributed by atoms with E-state index in [1.54, 1.807) is 12.1 Å². The Bertz CT molecular complexity index is 463. The molecule has 1 unspecified atom stereocenters. The number of hydrogen-bond acceptors (Lipinski definition) is 3. The Kier molecular flexibility index (Phi) is 7.86. The van der Waals surface area contributed by atoms with Gasteiger partial charge in [-0.2, -0.15) is 0 Å². The Morgan fingerprint density at radius 2 is 2.33 bits per heavy atom. The molecule has 0 saturated carbocycles. The van der Waals surface area contributed by atoms with Crippen LogP contribution in [0.25, 0.3) is 0 Å². The van der Waals surface area contributed by atoms with E-state index in [9.17, 15) is 4.79 Å². The van der Waals surface area contributed by atoms with Crippen molar-refractivity contribution in [2.75, 3.05) is 25.0 Å². The van der Waals surface area contributed by atoms with Gasteiger partial charge in [0, 0.05) is 12.2 Å². The number of anilines is 1. The molecule has 2 rings (SSSR count). The molecule has 2 N–H and O–H groups in total. The highest BCUT2D eigenvalue weighted by Crippen LogP contribution is 2.28. The number of rotatable bonds is 5. The van der Waals surface area contributed by atoms with Crippen molar-refractivity contribution in [2.45, 2.75) is 26.2 Å². The zero-order valence-corrected chi connectivity index (χ0v) is 13.7. The molecular weight excluding hydrogens is 311 g/mol. The Balaban J connectivity index is 0.00000220. The summed E-state index contributed by atoms with van der Waals surface area (Å²) in [5.41, 5.74) is 0.717. The molecular formula is C15H22Cl2N2O2. The van der Waals surface area contributed by atoms with Gasteiger partial charge in [0.2, 0.25) is 5.91 Å². The van der Waals surface area contributed by atoms with Crippen LogP contribution in [0.4, 0.5) is 5.69 Å². The lowest BCUT2D eigenvalue weighted by Gasteiger charge is -2.22. The number of amides is 1. The highest BCUT2D eigenvalue weighted by atomic mass is 35.5. The van der Waals surface area contributed by atoms with E-state index < -0.39 is 0 Å². The second-order valence-electron chi connectivity index (χ2n) is 5.03. The minimum atomic E-state index is 0. The van der Waals surface area contributed by atoms with Crippen molar-refractivity contribution in [3.05, 3.63) is 23.2 Å². The van der Waals surface area contributed by atoms with Gasteiger partial charge in [-0.1, -0.05) is 18.5 Å². The van der Waals surface area contributed by atoms with E-state index in [1.165, 1.54) is 0 Å². The van der Waals surface area contributed by atoms with Gasteiger partial charge in [0.1, 0.15) is 5.75 Å². The van der Waals surface area contributed by atoms with Gasteiger partial charge in [-0.15, -0.1) is 12.4 Å². The average Bonchev–Trinajstić information content (AvgIpc) is 2.47. The lowest BCUT2D eigenvalue weighted by molar-refractivity contribution is -0.120. The van der Waals surface area contributed by atoms with Gasteiger partial charge in [-0.05, 0) is 44.0 Å². The highest BCUT2D eigenvalue weighted by Gasteiger charge is 2.21. The third-order valence-corrected chi connectivity index (χ3v) is 3.62. The molecule has 6 heteroatoms. The molecule has 1 aromatic carbocycles. The van der Waals surface area contributed by atoms with Crippen LogP contribution in [0.3, 0.4) is 0 Å². The molecule has 1 amide bonds. The van der Waals surface area contributed by atoms with Crippen molar-refractivity contribution in [1.82, 2.24) is 5.32 Å². The summed E-state index contributed by atoms with van der Waals surface area (Å²) in [6.07, 6.45) is 2.91. The average molecular weight is 333 g/mol. The maximum atomic E-state index is 12.1. The van der Waals surface area contributed by atoms with E-state index >= 15 is 0 Å². The molecule has 0 spiro atoms. The summed E-state index contributed by atoms with van der Waals surface area (Å²) in [6, 6.07) is 5.36. The summed E-state index contributed by atoms with van der Waals surface area (Å²) in [4.78, 5) is 12.1. The van der Waals surface area contributed by atoms with Crippen molar-refractivity contribution >= 4 is 35.6 Å². The first kappa shape index (κ1) is 18.1. The SMILES string of the molecule is CCCOc1ccc(NC(=O)C2CCCNC2)cc1Cl.Cl. The van der Waals surface area contributed by atoms with Crippen molar-refractivity contribution in [3.63, 3.8) is 0 Å². The van der Waals surface area contributed by atoms with Crippen molar-refractivity contribution in [1.29, 1.82) is 0 Å². The Morgan fingerprint density at radius 1 is 1.52 bits per heavy atom. The zero-order chi connectivity index (χ0) is 14.4. The molecule has 1 heterocycles. The predicted molar refractivity (Wildman–Crippen MR) is 88.7 cm³/mol. The second kappa shape index (κ2) is 9.13. The van der Waals surface area contributed by atoms with Gasteiger partial charge in [0.25, 0.3) is 0 Å². The number of benzene rings is 1. The second-order valence-corrected chi connectivity index (χ2v) is 5.43. The van der Waals surface area contributed by atoms with Crippen LogP contribution in [-0.2, 0) is 4.79 Å². The molecule has 21 heavy (non-hydrogen) atoms. The van der Waals surface area contributed by atoms with E-state index in [-0.39, 0.29) is 24.2 Å². The first-order chi connectivity index (χ1) is 9.70. The van der Waals surface area contributed by atoms with E-state index in [0.29, 0.717) is 17.4 Å². The smallest absolute Gasteiger partial charge is 0.228 e. The molecule has 4 nitrogen and oxygen atoms in total. The molecule has 1 aromatic rings. The Morgan fingerprint density at radius 3 is 2.95 bits per heavy atom. The monoisotopic (exact) mass is 332 g/mol. The summed E-state index contributed by atoms with van der Waals surface area (Å²) >= 11 is 6.15. The maximum Gasteiger partial charge on any atom is 0.228 e. The van der Waals surface area contributed by atoms with E-state index in [4.69, 9.17) is 16.3 Å². The fourth-order valence-electron chi connectivity index (χ4n) is 2.23. The first-order valence-corrected chi connectivity index (χ1v) is 7.52. The summed E-state index contributed by atoms with van der Waals surface area (Å²) in [5.74, 6) is 0.750.